The lowest BCUT2D eigenvalue weighted by molar-refractivity contribution is -0.142. The van der Waals surface area contributed by atoms with Gasteiger partial charge in [0.15, 0.2) is 0 Å². The van der Waals surface area contributed by atoms with Gasteiger partial charge in [0.05, 0.1) is 6.42 Å². The number of carbonyl (C=O) groups excluding carboxylic acids is 2. The molecule has 1 aliphatic heterocycles. The highest BCUT2D eigenvalue weighted by Gasteiger charge is 2.49. The van der Waals surface area contributed by atoms with Crippen molar-refractivity contribution in [1.82, 2.24) is 15.2 Å². The number of urea groups is 1. The highest BCUT2D eigenvalue weighted by atomic mass is 19.4. The van der Waals surface area contributed by atoms with E-state index in [4.69, 9.17) is 0 Å². The maximum absolute atomic E-state index is 12.2. The minimum Gasteiger partial charge on any atom is -0.319 e. The smallest absolute Gasteiger partial charge is 0.319 e. The number of hydrogen-bond donors (Lipinski definition) is 1. The number of halogens is 3. The van der Waals surface area contributed by atoms with Crippen molar-refractivity contribution in [1.29, 1.82) is 0 Å². The number of nitrogens with one attached hydrogen (secondary N) is 1. The largest absolute Gasteiger partial charge is 0.390 e. The van der Waals surface area contributed by atoms with Crippen LogP contribution in [0.4, 0.5) is 18.0 Å². The second kappa shape index (κ2) is 4.77. The molecule has 1 N–H and O–H groups in total. The van der Waals surface area contributed by atoms with Crippen LogP contribution < -0.4 is 5.32 Å². The predicted octanol–water partition coefficient (Wildman–Crippen LogP) is 1.80. The van der Waals surface area contributed by atoms with E-state index in [9.17, 15) is 22.8 Å². The number of hydrogen-bond acceptors (Lipinski definition) is 3. The van der Waals surface area contributed by atoms with Crippen LogP contribution in [0.15, 0.2) is 24.5 Å². The molecule has 0 aromatic carbocycles. The van der Waals surface area contributed by atoms with E-state index in [1.54, 1.807) is 12.1 Å². The molecule has 3 amide bonds. The Balaban J connectivity index is 2.20. The van der Waals surface area contributed by atoms with Gasteiger partial charge in [-0.05, 0) is 13.0 Å². The number of rotatable bonds is 3. The number of alkyl halides is 3. The van der Waals surface area contributed by atoms with Gasteiger partial charge in [-0.25, -0.2) is 4.79 Å². The average molecular weight is 287 g/mol. The number of imide groups is 1. The standard InChI is InChI=1S/C12H12F3N3O2/c1-11(8-3-2-5-16-7-8)9(19)18(10(20)17-11)6-4-12(13,14)15/h2-3,5,7H,4,6H2,1H3,(H,17,20). The van der Waals surface area contributed by atoms with Crippen LogP contribution in [0.25, 0.3) is 0 Å². The molecule has 0 aliphatic carbocycles. The number of nitrogens with zero attached hydrogens (tertiary/aromatic N) is 2. The Morgan fingerprint density at radius 2 is 2.10 bits per heavy atom. The third-order valence-electron chi connectivity index (χ3n) is 3.13. The number of amides is 3. The Labute approximate surface area is 112 Å². The van der Waals surface area contributed by atoms with E-state index in [2.05, 4.69) is 10.3 Å². The van der Waals surface area contributed by atoms with Crippen molar-refractivity contribution >= 4 is 11.9 Å². The van der Waals surface area contributed by atoms with Crippen molar-refractivity contribution in [3.05, 3.63) is 30.1 Å². The molecular weight excluding hydrogens is 275 g/mol. The van der Waals surface area contributed by atoms with Gasteiger partial charge in [0.2, 0.25) is 0 Å². The van der Waals surface area contributed by atoms with Crippen LogP contribution in [-0.4, -0.2) is 34.5 Å². The van der Waals surface area contributed by atoms with E-state index in [-0.39, 0.29) is 0 Å². The summed E-state index contributed by atoms with van der Waals surface area (Å²) in [5, 5.41) is 2.41. The summed E-state index contributed by atoms with van der Waals surface area (Å²) < 4.78 is 36.6. The van der Waals surface area contributed by atoms with Gasteiger partial charge in [0.1, 0.15) is 5.54 Å². The van der Waals surface area contributed by atoms with E-state index in [1.807, 2.05) is 0 Å². The molecule has 2 heterocycles. The lowest BCUT2D eigenvalue weighted by atomic mass is 9.93. The highest BCUT2D eigenvalue weighted by molar-refractivity contribution is 6.07. The van der Waals surface area contributed by atoms with Gasteiger partial charge in [-0.15, -0.1) is 0 Å². The van der Waals surface area contributed by atoms with Crippen LogP contribution in [-0.2, 0) is 10.3 Å². The normalized spacial score (nSPS) is 23.1. The lowest BCUT2D eigenvalue weighted by Crippen LogP contribution is -2.41. The second-order valence-corrected chi connectivity index (χ2v) is 4.62. The van der Waals surface area contributed by atoms with Crippen LogP contribution in [0.5, 0.6) is 0 Å². The Bertz CT molecular complexity index is 532. The molecule has 1 aromatic rings. The molecule has 1 atom stereocenters. The zero-order chi connectivity index (χ0) is 15.0. The SMILES string of the molecule is CC1(c2cccnc2)NC(=O)N(CCC(F)(F)F)C1=O. The number of carbonyl (C=O) groups is 2. The third-order valence-corrected chi connectivity index (χ3v) is 3.13. The quantitative estimate of drug-likeness (QED) is 0.862. The maximum Gasteiger partial charge on any atom is 0.390 e. The molecule has 1 aromatic heterocycles. The van der Waals surface area contributed by atoms with Crippen molar-refractivity contribution in [2.24, 2.45) is 0 Å². The van der Waals surface area contributed by atoms with Crippen LogP contribution in [0.1, 0.15) is 18.9 Å². The minimum atomic E-state index is -4.42. The number of aromatic nitrogens is 1. The number of pyridine rings is 1. The lowest BCUT2D eigenvalue weighted by Gasteiger charge is -2.21. The Morgan fingerprint density at radius 3 is 2.65 bits per heavy atom. The van der Waals surface area contributed by atoms with E-state index >= 15 is 0 Å². The first-order valence-electron chi connectivity index (χ1n) is 5.85. The van der Waals surface area contributed by atoms with Crippen LogP contribution in [0.2, 0.25) is 0 Å². The first-order chi connectivity index (χ1) is 9.24. The van der Waals surface area contributed by atoms with Gasteiger partial charge in [-0.1, -0.05) is 6.07 Å². The summed E-state index contributed by atoms with van der Waals surface area (Å²) in [6.45, 7) is 0.752. The molecule has 20 heavy (non-hydrogen) atoms. The van der Waals surface area contributed by atoms with Gasteiger partial charge in [0, 0.05) is 24.5 Å². The molecule has 1 unspecified atom stereocenters. The van der Waals surface area contributed by atoms with Gasteiger partial charge in [0.25, 0.3) is 5.91 Å². The van der Waals surface area contributed by atoms with Crippen LogP contribution in [0.3, 0.4) is 0 Å². The Morgan fingerprint density at radius 1 is 1.40 bits per heavy atom. The molecular formula is C12H12F3N3O2. The summed E-state index contributed by atoms with van der Waals surface area (Å²) in [4.78, 5) is 28.3. The van der Waals surface area contributed by atoms with Gasteiger partial charge in [-0.2, -0.15) is 13.2 Å². The van der Waals surface area contributed by atoms with Crippen LogP contribution in [0, 0.1) is 0 Å². The molecule has 1 fully saturated rings. The summed E-state index contributed by atoms with van der Waals surface area (Å²) in [5.41, 5.74) is -0.954. The van der Waals surface area contributed by atoms with Gasteiger partial charge >= 0.3 is 12.2 Å². The Kier molecular flexibility index (Phi) is 3.41. The molecule has 5 nitrogen and oxygen atoms in total. The van der Waals surface area contributed by atoms with Gasteiger partial charge in [-0.3, -0.25) is 14.7 Å². The van der Waals surface area contributed by atoms with E-state index in [0.29, 0.717) is 10.5 Å². The molecule has 0 bridgehead atoms. The molecule has 2 rings (SSSR count). The fourth-order valence-corrected chi connectivity index (χ4v) is 1.99. The summed E-state index contributed by atoms with van der Waals surface area (Å²) in [5.74, 6) is -0.709. The highest BCUT2D eigenvalue weighted by Crippen LogP contribution is 2.29. The zero-order valence-electron chi connectivity index (χ0n) is 10.6. The summed E-state index contributed by atoms with van der Waals surface area (Å²) in [6, 6.07) is 2.34. The summed E-state index contributed by atoms with van der Waals surface area (Å²) in [6.07, 6.45) is -2.76. The minimum absolute atomic E-state index is 0.424. The molecule has 0 spiro atoms. The molecule has 0 radical (unpaired) electrons. The molecule has 0 saturated carbocycles. The van der Waals surface area contributed by atoms with Crippen LogP contribution >= 0.6 is 0 Å². The van der Waals surface area contributed by atoms with Crippen molar-refractivity contribution < 1.29 is 22.8 Å². The fourth-order valence-electron chi connectivity index (χ4n) is 1.99. The van der Waals surface area contributed by atoms with E-state index < -0.39 is 36.6 Å². The Hall–Kier alpha value is -2.12. The van der Waals surface area contributed by atoms with Crippen molar-refractivity contribution in [3.63, 3.8) is 0 Å². The molecule has 108 valence electrons. The third kappa shape index (κ3) is 2.59. The van der Waals surface area contributed by atoms with Crippen molar-refractivity contribution in [3.8, 4) is 0 Å². The first kappa shape index (κ1) is 14.3. The first-order valence-corrected chi connectivity index (χ1v) is 5.85. The fraction of sp³-hybridized carbons (Fsp3) is 0.417. The zero-order valence-corrected chi connectivity index (χ0v) is 10.6. The molecule has 1 aliphatic rings. The topological polar surface area (TPSA) is 62.3 Å². The summed E-state index contributed by atoms with van der Waals surface area (Å²) >= 11 is 0. The van der Waals surface area contributed by atoms with Crippen molar-refractivity contribution in [2.45, 2.75) is 25.1 Å². The second-order valence-electron chi connectivity index (χ2n) is 4.62. The van der Waals surface area contributed by atoms with Gasteiger partial charge < -0.3 is 5.32 Å². The molecule has 1 saturated heterocycles. The summed E-state index contributed by atoms with van der Waals surface area (Å²) in [7, 11) is 0. The average Bonchev–Trinajstić information content (AvgIpc) is 2.59. The molecule has 8 heteroatoms. The van der Waals surface area contributed by atoms with E-state index in [0.717, 1.165) is 0 Å². The maximum atomic E-state index is 12.2. The van der Waals surface area contributed by atoms with Crippen molar-refractivity contribution in [2.75, 3.05) is 6.54 Å². The monoisotopic (exact) mass is 287 g/mol. The predicted molar refractivity (Wildman–Crippen MR) is 62.5 cm³/mol. The van der Waals surface area contributed by atoms with E-state index in [1.165, 1.54) is 19.3 Å².